The monoisotopic (exact) mass is 379 g/mol. The van der Waals surface area contributed by atoms with Crippen molar-refractivity contribution in [1.29, 1.82) is 0 Å². The predicted octanol–water partition coefficient (Wildman–Crippen LogP) is 4.41. The smallest absolute Gasteiger partial charge is 0.387 e. The fraction of sp³-hybridized carbons (Fsp3) is 0.316. The number of thioether (sulfide) groups is 1. The molecule has 0 fully saturated rings. The first-order valence-corrected chi connectivity index (χ1v) is 9.29. The van der Waals surface area contributed by atoms with Gasteiger partial charge >= 0.3 is 6.61 Å². The van der Waals surface area contributed by atoms with Crippen molar-refractivity contribution in [3.63, 3.8) is 0 Å². The maximum Gasteiger partial charge on any atom is 0.387 e. The molecule has 2 aromatic carbocycles. The van der Waals surface area contributed by atoms with Crippen molar-refractivity contribution in [2.45, 2.75) is 37.0 Å². The Kier molecular flexibility index (Phi) is 5.98. The lowest BCUT2D eigenvalue weighted by Gasteiger charge is -2.27. The van der Waals surface area contributed by atoms with Crippen LogP contribution in [0.3, 0.4) is 0 Å². The molecule has 0 bridgehead atoms. The lowest BCUT2D eigenvalue weighted by atomic mass is 10.0. The molecular weight excluding hydrogens is 360 g/mol. The minimum Gasteiger partial charge on any atom is -0.479 e. The van der Waals surface area contributed by atoms with Gasteiger partial charge in [-0.25, -0.2) is 0 Å². The Bertz CT molecular complexity index is 772. The molecule has 2 atom stereocenters. The summed E-state index contributed by atoms with van der Waals surface area (Å²) in [5.74, 6) is 0.970. The van der Waals surface area contributed by atoms with E-state index >= 15 is 0 Å². The molecule has 1 N–H and O–H groups in total. The van der Waals surface area contributed by atoms with Gasteiger partial charge in [0.2, 0.25) is 0 Å². The maximum absolute atomic E-state index is 12.6. The Hall–Kier alpha value is -2.28. The summed E-state index contributed by atoms with van der Waals surface area (Å²) >= 11 is 1.56. The van der Waals surface area contributed by atoms with E-state index in [1.54, 1.807) is 30.0 Å². The zero-order chi connectivity index (χ0) is 18.5. The Labute approximate surface area is 154 Å². The zero-order valence-electron chi connectivity index (χ0n) is 14.2. The summed E-state index contributed by atoms with van der Waals surface area (Å²) in [5.41, 5.74) is 0.521. The average Bonchev–Trinajstić information content (AvgIpc) is 2.65. The van der Waals surface area contributed by atoms with E-state index in [-0.39, 0.29) is 11.7 Å². The van der Waals surface area contributed by atoms with Gasteiger partial charge in [-0.3, -0.25) is 4.79 Å². The van der Waals surface area contributed by atoms with Gasteiger partial charge in [0, 0.05) is 16.2 Å². The molecule has 2 unspecified atom stereocenters. The second-order valence-electron chi connectivity index (χ2n) is 5.75. The third kappa shape index (κ3) is 4.27. The summed E-state index contributed by atoms with van der Waals surface area (Å²) < 4.78 is 35.6. The molecule has 1 aliphatic rings. The van der Waals surface area contributed by atoms with Crippen LogP contribution in [-0.4, -0.2) is 24.4 Å². The van der Waals surface area contributed by atoms with E-state index in [0.29, 0.717) is 23.5 Å². The highest BCUT2D eigenvalue weighted by molar-refractivity contribution is 7.99. The van der Waals surface area contributed by atoms with Crippen LogP contribution in [0.5, 0.6) is 11.5 Å². The van der Waals surface area contributed by atoms with E-state index < -0.39 is 18.8 Å². The molecule has 1 heterocycles. The average molecular weight is 379 g/mol. The van der Waals surface area contributed by atoms with Crippen LogP contribution in [-0.2, 0) is 4.79 Å². The van der Waals surface area contributed by atoms with E-state index in [9.17, 15) is 13.6 Å². The molecule has 3 rings (SSSR count). The van der Waals surface area contributed by atoms with Crippen molar-refractivity contribution in [2.24, 2.45) is 0 Å². The molecule has 0 aliphatic carbocycles. The summed E-state index contributed by atoms with van der Waals surface area (Å²) in [6, 6.07) is 13.6. The molecule has 26 heavy (non-hydrogen) atoms. The summed E-state index contributed by atoms with van der Waals surface area (Å²) in [4.78, 5) is 13.6. The summed E-state index contributed by atoms with van der Waals surface area (Å²) in [7, 11) is 0. The van der Waals surface area contributed by atoms with Crippen molar-refractivity contribution in [2.75, 3.05) is 5.75 Å². The number of benzene rings is 2. The molecule has 0 spiro atoms. The lowest BCUT2D eigenvalue weighted by molar-refractivity contribution is -0.128. The summed E-state index contributed by atoms with van der Waals surface area (Å²) in [5, 5.41) is 2.89. The van der Waals surface area contributed by atoms with Gasteiger partial charge in [-0.05, 0) is 24.6 Å². The number of nitrogens with one attached hydrogen (secondary N) is 1. The second kappa shape index (κ2) is 8.40. The predicted molar refractivity (Wildman–Crippen MR) is 95.8 cm³/mol. The SMILES string of the molecule is CCC(NC(=O)C1CSc2ccccc2O1)c1ccccc1OC(F)F. The number of amides is 1. The van der Waals surface area contributed by atoms with Crippen molar-refractivity contribution < 1.29 is 23.0 Å². The van der Waals surface area contributed by atoms with Crippen molar-refractivity contribution in [1.82, 2.24) is 5.32 Å². The molecular formula is C19H19F2NO3S. The van der Waals surface area contributed by atoms with Gasteiger partial charge in [0.05, 0.1) is 6.04 Å². The zero-order valence-corrected chi connectivity index (χ0v) is 15.0. The highest BCUT2D eigenvalue weighted by Crippen LogP contribution is 2.35. The number of fused-ring (bicyclic) bond motifs is 1. The van der Waals surface area contributed by atoms with E-state index in [0.717, 1.165) is 4.90 Å². The van der Waals surface area contributed by atoms with Crippen molar-refractivity contribution in [3.8, 4) is 11.5 Å². The third-order valence-corrected chi connectivity index (χ3v) is 5.15. The number of carbonyl (C=O) groups excluding carboxylic acids is 1. The number of hydrogen-bond acceptors (Lipinski definition) is 4. The van der Waals surface area contributed by atoms with E-state index in [1.807, 2.05) is 31.2 Å². The van der Waals surface area contributed by atoms with Gasteiger partial charge in [0.1, 0.15) is 11.5 Å². The first kappa shape index (κ1) is 18.5. The molecule has 0 saturated carbocycles. The number of ether oxygens (including phenoxy) is 2. The van der Waals surface area contributed by atoms with E-state index in [2.05, 4.69) is 10.1 Å². The van der Waals surface area contributed by atoms with Crippen LogP contribution in [0.1, 0.15) is 24.9 Å². The van der Waals surface area contributed by atoms with E-state index in [1.165, 1.54) is 6.07 Å². The standard InChI is InChI=1S/C19H19F2NO3S/c1-2-13(12-7-3-4-8-14(12)25-19(20)21)22-18(23)16-11-26-17-10-6-5-9-15(17)24-16/h3-10,13,16,19H,2,11H2,1H3,(H,22,23). The molecule has 0 radical (unpaired) electrons. The summed E-state index contributed by atoms with van der Waals surface area (Å²) in [6.45, 7) is -1.05. The first-order chi connectivity index (χ1) is 12.6. The maximum atomic E-state index is 12.6. The van der Waals surface area contributed by atoms with Gasteiger partial charge in [-0.1, -0.05) is 37.3 Å². The molecule has 138 valence electrons. The largest absolute Gasteiger partial charge is 0.479 e. The van der Waals surface area contributed by atoms with Crippen LogP contribution in [0.25, 0.3) is 0 Å². The minimum atomic E-state index is -2.92. The number of hydrogen-bond donors (Lipinski definition) is 1. The fourth-order valence-electron chi connectivity index (χ4n) is 2.78. The van der Waals surface area contributed by atoms with Crippen molar-refractivity contribution >= 4 is 17.7 Å². The van der Waals surface area contributed by atoms with Crippen LogP contribution in [0.2, 0.25) is 0 Å². The Morgan fingerprint density at radius 2 is 2.00 bits per heavy atom. The fourth-order valence-corrected chi connectivity index (χ4v) is 3.77. The lowest BCUT2D eigenvalue weighted by Crippen LogP contribution is -2.42. The van der Waals surface area contributed by atoms with Gasteiger partial charge in [-0.15, -0.1) is 11.8 Å². The molecule has 0 aromatic heterocycles. The number of alkyl halides is 2. The van der Waals surface area contributed by atoms with E-state index in [4.69, 9.17) is 4.74 Å². The quantitative estimate of drug-likeness (QED) is 0.808. The van der Waals surface area contributed by atoms with Crippen molar-refractivity contribution in [3.05, 3.63) is 54.1 Å². The molecule has 0 saturated heterocycles. The first-order valence-electron chi connectivity index (χ1n) is 8.31. The normalized spacial score (nSPS) is 17.2. The number of halogens is 2. The Balaban J connectivity index is 1.72. The Morgan fingerprint density at radius 3 is 2.77 bits per heavy atom. The van der Waals surface area contributed by atoms with Crippen LogP contribution >= 0.6 is 11.8 Å². The molecule has 1 aliphatic heterocycles. The van der Waals surface area contributed by atoms with Gasteiger partial charge < -0.3 is 14.8 Å². The number of rotatable bonds is 6. The topological polar surface area (TPSA) is 47.6 Å². The van der Waals surface area contributed by atoms with Gasteiger partial charge in [0.15, 0.2) is 6.10 Å². The molecule has 7 heteroatoms. The van der Waals surface area contributed by atoms with Crippen LogP contribution in [0.4, 0.5) is 8.78 Å². The summed E-state index contributed by atoms with van der Waals surface area (Å²) in [6.07, 6.45) is -0.0988. The molecule has 1 amide bonds. The Morgan fingerprint density at radius 1 is 1.27 bits per heavy atom. The molecule has 4 nitrogen and oxygen atoms in total. The van der Waals surface area contributed by atoms with Crippen LogP contribution in [0, 0.1) is 0 Å². The second-order valence-corrected chi connectivity index (χ2v) is 6.81. The minimum absolute atomic E-state index is 0.0685. The highest BCUT2D eigenvalue weighted by Gasteiger charge is 2.29. The third-order valence-electron chi connectivity index (χ3n) is 4.04. The van der Waals surface area contributed by atoms with Gasteiger partial charge in [-0.2, -0.15) is 8.78 Å². The number of carbonyl (C=O) groups is 1. The molecule has 2 aromatic rings. The highest BCUT2D eigenvalue weighted by atomic mass is 32.2. The number of para-hydroxylation sites is 2. The van der Waals surface area contributed by atoms with Crippen LogP contribution < -0.4 is 14.8 Å². The van der Waals surface area contributed by atoms with Crippen LogP contribution in [0.15, 0.2) is 53.4 Å². The van der Waals surface area contributed by atoms with Gasteiger partial charge in [0.25, 0.3) is 5.91 Å².